The van der Waals surface area contributed by atoms with E-state index < -0.39 is 6.98 Å². The van der Waals surface area contributed by atoms with Crippen LogP contribution in [0.25, 0.3) is 38.3 Å². The first-order chi connectivity index (χ1) is 15.0. The Balaban J connectivity index is 0.00000245. The maximum absolute atomic E-state index is 8.28. The van der Waals surface area contributed by atoms with Crippen molar-refractivity contribution < 1.29 is 28.8 Å². The second-order valence-corrected chi connectivity index (χ2v) is 6.60. The molecule has 0 saturated heterocycles. The van der Waals surface area contributed by atoms with Gasteiger partial charge < -0.3 is 9.13 Å². The van der Waals surface area contributed by atoms with Crippen LogP contribution in [0.4, 0.5) is 0 Å². The largest absolute Gasteiger partial charge is 0.337 e. The molecule has 0 saturated carbocycles. The van der Waals surface area contributed by atoms with Gasteiger partial charge in [-0.15, -0.1) is 0 Å². The van der Waals surface area contributed by atoms with Crippen LogP contribution in [0.15, 0.2) is 97.1 Å². The number of fused-ring (bicyclic) bond motifs is 5. The molecule has 0 aliphatic rings. The molecular formula is C26H19IrN2-. The molecule has 2 nitrogen and oxygen atoms in total. The van der Waals surface area contributed by atoms with Crippen molar-refractivity contribution in [1.82, 2.24) is 4.57 Å². The summed E-state index contributed by atoms with van der Waals surface area (Å²) in [5.41, 5.74) is 2.12. The smallest absolute Gasteiger partial charge is 0.243 e. The number of aromatic nitrogens is 2. The van der Waals surface area contributed by atoms with Crippen LogP contribution >= 0.6 is 0 Å². The third kappa shape index (κ3) is 3.44. The van der Waals surface area contributed by atoms with Gasteiger partial charge >= 0.3 is 0 Å². The zero-order chi connectivity index (χ0) is 21.4. The van der Waals surface area contributed by atoms with Crippen LogP contribution in [0.3, 0.4) is 0 Å². The maximum Gasteiger partial charge on any atom is 0.243 e. The standard InChI is InChI=1S/C26H19N2.Ir/c1-27-19-28(20-11-3-2-4-12-20)26-18-10-8-16-24(26)22-14-6-5-13-21(22)23-15-7-9-17-25(23)27;/h2-11,13-18H,1H3;/q-1;/i1D3;. The van der Waals surface area contributed by atoms with E-state index in [-0.39, 0.29) is 20.1 Å². The van der Waals surface area contributed by atoms with Crippen molar-refractivity contribution in [2.24, 2.45) is 6.98 Å². The fraction of sp³-hybridized carbons (Fsp3) is 0.0385. The van der Waals surface area contributed by atoms with Gasteiger partial charge in [-0.3, -0.25) is 0 Å². The summed E-state index contributed by atoms with van der Waals surface area (Å²) in [4.78, 5) is 0. The summed E-state index contributed by atoms with van der Waals surface area (Å²) < 4.78 is 27.9. The molecule has 0 aliphatic carbocycles. The van der Waals surface area contributed by atoms with Gasteiger partial charge in [-0.2, -0.15) is 30.3 Å². The van der Waals surface area contributed by atoms with Crippen LogP contribution in [0, 0.1) is 12.4 Å². The summed E-state index contributed by atoms with van der Waals surface area (Å²) in [6.45, 7) is -2.43. The second-order valence-electron chi connectivity index (χ2n) is 6.60. The summed E-state index contributed by atoms with van der Waals surface area (Å²) in [7, 11) is 0. The molecule has 143 valence electrons. The quantitative estimate of drug-likeness (QED) is 0.192. The van der Waals surface area contributed by atoms with Gasteiger partial charge in [0.1, 0.15) is 0 Å². The Labute approximate surface area is 187 Å². The van der Waals surface area contributed by atoms with Crippen LogP contribution in [0.2, 0.25) is 0 Å². The van der Waals surface area contributed by atoms with Gasteiger partial charge in [0.25, 0.3) is 0 Å². The predicted octanol–water partition coefficient (Wildman–Crippen LogP) is 5.48. The van der Waals surface area contributed by atoms with Gasteiger partial charge in [-0.25, -0.2) is 0 Å². The van der Waals surface area contributed by atoms with Gasteiger partial charge in [0.2, 0.25) is 6.33 Å². The Bertz CT molecular complexity index is 1470. The molecule has 29 heavy (non-hydrogen) atoms. The molecule has 1 heterocycles. The minimum Gasteiger partial charge on any atom is -0.337 e. The van der Waals surface area contributed by atoms with Crippen molar-refractivity contribution in [3.05, 3.63) is 109 Å². The molecule has 0 bridgehead atoms. The van der Waals surface area contributed by atoms with E-state index in [0.29, 0.717) is 11.2 Å². The van der Waals surface area contributed by atoms with Gasteiger partial charge in [0.15, 0.2) is 0 Å². The zero-order valence-electron chi connectivity index (χ0n) is 18.5. The Morgan fingerprint density at radius 2 is 1.34 bits per heavy atom. The molecule has 0 amide bonds. The Hall–Kier alpha value is -3.00. The molecule has 0 spiro atoms. The van der Waals surface area contributed by atoms with Crippen molar-refractivity contribution in [1.29, 1.82) is 0 Å². The van der Waals surface area contributed by atoms with Crippen molar-refractivity contribution in [3.63, 3.8) is 0 Å². The molecule has 1 radical (unpaired) electrons. The first kappa shape index (κ1) is 15.9. The summed E-state index contributed by atoms with van der Waals surface area (Å²) in [5.74, 6) is 0. The Morgan fingerprint density at radius 3 is 2.07 bits per heavy atom. The number of para-hydroxylation sites is 3. The van der Waals surface area contributed by atoms with Crippen LogP contribution in [-0.4, -0.2) is 4.57 Å². The van der Waals surface area contributed by atoms with Crippen molar-refractivity contribution in [2.45, 2.75) is 0 Å². The molecule has 3 heteroatoms. The fourth-order valence-electron chi connectivity index (χ4n) is 3.66. The summed E-state index contributed by atoms with van der Waals surface area (Å²) in [5, 5.41) is 3.83. The van der Waals surface area contributed by atoms with E-state index in [9.17, 15) is 0 Å². The maximum atomic E-state index is 8.28. The van der Waals surface area contributed by atoms with E-state index >= 15 is 0 Å². The number of hydrogen-bond acceptors (Lipinski definition) is 0. The molecule has 4 aromatic carbocycles. The van der Waals surface area contributed by atoms with E-state index in [2.05, 4.69) is 24.5 Å². The molecule has 0 N–H and O–H groups in total. The average molecular weight is 555 g/mol. The zero-order valence-corrected chi connectivity index (χ0v) is 17.9. The predicted molar refractivity (Wildman–Crippen MR) is 115 cm³/mol. The van der Waals surface area contributed by atoms with E-state index in [4.69, 9.17) is 4.11 Å². The van der Waals surface area contributed by atoms with E-state index in [0.717, 1.165) is 27.1 Å². The molecule has 0 fully saturated rings. The molecule has 0 atom stereocenters. The Morgan fingerprint density at radius 1 is 0.724 bits per heavy atom. The van der Waals surface area contributed by atoms with Crippen LogP contribution in [-0.2, 0) is 27.1 Å². The summed E-state index contributed by atoms with van der Waals surface area (Å²) in [6.07, 6.45) is 3.17. The van der Waals surface area contributed by atoms with Gasteiger partial charge in [0.05, 0.1) is 22.1 Å². The average Bonchev–Trinajstić information content (AvgIpc) is 2.84. The monoisotopic (exact) mass is 555 g/mol. The van der Waals surface area contributed by atoms with E-state index in [1.807, 2.05) is 84.9 Å². The number of nitrogens with zero attached hydrogens (tertiary/aromatic N) is 2. The van der Waals surface area contributed by atoms with Crippen molar-refractivity contribution in [3.8, 4) is 5.69 Å². The number of aryl methyl sites for hydroxylation is 1. The van der Waals surface area contributed by atoms with E-state index in [1.165, 1.54) is 4.57 Å². The van der Waals surface area contributed by atoms with Crippen molar-refractivity contribution >= 4 is 32.6 Å². The van der Waals surface area contributed by atoms with Crippen LogP contribution < -0.4 is 4.57 Å². The number of benzene rings is 4. The molecule has 0 unspecified atom stereocenters. The third-order valence-corrected chi connectivity index (χ3v) is 4.93. The number of rotatable bonds is 1. The van der Waals surface area contributed by atoms with Gasteiger partial charge in [0, 0.05) is 20.1 Å². The topological polar surface area (TPSA) is 8.81 Å². The first-order valence-corrected chi connectivity index (χ1v) is 9.15. The van der Waals surface area contributed by atoms with Crippen LogP contribution in [0.5, 0.6) is 0 Å². The molecular weight excluding hydrogens is 533 g/mol. The first-order valence-electron chi connectivity index (χ1n) is 10.7. The van der Waals surface area contributed by atoms with Gasteiger partial charge in [-0.1, -0.05) is 78.5 Å². The normalized spacial score (nSPS) is 12.6. The molecule has 5 rings (SSSR count). The molecule has 0 aliphatic heterocycles. The SMILES string of the molecule is [2H]C([2H])([2H])[n+]1[c-]n(-c2[c-]cccc2)c2ccccc2c2ccccc2c2ccccc21.[Ir]. The minimum absolute atomic E-state index is 0. The molecule has 5 aromatic rings. The minimum atomic E-state index is -2.43. The fourth-order valence-corrected chi connectivity index (χ4v) is 3.66. The second kappa shape index (κ2) is 8.16. The van der Waals surface area contributed by atoms with E-state index in [1.54, 1.807) is 4.57 Å². The summed E-state index contributed by atoms with van der Waals surface area (Å²) >= 11 is 0. The molecule has 1 aromatic heterocycles. The summed E-state index contributed by atoms with van der Waals surface area (Å²) in [6, 6.07) is 34.4. The number of hydrogen-bond donors (Lipinski definition) is 0. The van der Waals surface area contributed by atoms with Crippen LogP contribution in [0.1, 0.15) is 4.11 Å². The van der Waals surface area contributed by atoms with Crippen molar-refractivity contribution in [2.75, 3.05) is 0 Å². The Kier molecular flexibility index (Phi) is 4.47. The van der Waals surface area contributed by atoms with Gasteiger partial charge in [-0.05, 0) is 21.5 Å². The third-order valence-electron chi connectivity index (χ3n) is 4.93.